The minimum atomic E-state index is -0.455. The van der Waals surface area contributed by atoms with E-state index in [4.69, 9.17) is 9.47 Å². The molecule has 1 fully saturated rings. The van der Waals surface area contributed by atoms with Gasteiger partial charge in [0.05, 0.1) is 24.0 Å². The Kier molecular flexibility index (Phi) is 7.80. The van der Waals surface area contributed by atoms with Gasteiger partial charge in [0.15, 0.2) is 0 Å². The molecule has 1 aromatic heterocycles. The van der Waals surface area contributed by atoms with Crippen LogP contribution in [0.4, 0.5) is 0 Å². The van der Waals surface area contributed by atoms with E-state index in [-0.39, 0.29) is 12.0 Å². The minimum Gasteiger partial charge on any atom is -0.494 e. The zero-order valence-corrected chi connectivity index (χ0v) is 23.5. The summed E-state index contributed by atoms with van der Waals surface area (Å²) in [5, 5.41) is 1.04. The van der Waals surface area contributed by atoms with Crippen LogP contribution in [0.15, 0.2) is 54.7 Å². The van der Waals surface area contributed by atoms with Crippen LogP contribution in [0.5, 0.6) is 5.75 Å². The molecule has 0 saturated carbocycles. The standard InChI is InChI=1S/C32H39N3O4/c1-22(2)39-31(37)26-20-35(21-32(3,4)28-25-13-5-6-14-27(25)33-29(26)28)30(36)23-11-9-12-24(19-23)38-18-10-17-34-15-7-8-16-34/h5-6,9,11-14,19-20,22,33H,7-8,10,15-18,21H2,1-4H3. The number of aromatic amines is 1. The van der Waals surface area contributed by atoms with Gasteiger partial charge in [-0.25, -0.2) is 4.79 Å². The van der Waals surface area contributed by atoms with Gasteiger partial charge in [-0.05, 0) is 76.0 Å². The number of hydrogen-bond acceptors (Lipinski definition) is 5. The van der Waals surface area contributed by atoms with Crippen molar-refractivity contribution >= 4 is 28.4 Å². The average molecular weight is 530 g/mol. The lowest BCUT2D eigenvalue weighted by molar-refractivity contribution is -0.140. The Balaban J connectivity index is 1.42. The van der Waals surface area contributed by atoms with Crippen molar-refractivity contribution in [3.05, 3.63) is 71.6 Å². The van der Waals surface area contributed by atoms with E-state index in [0.29, 0.717) is 35.7 Å². The van der Waals surface area contributed by atoms with E-state index in [9.17, 15) is 9.59 Å². The normalized spacial score (nSPS) is 17.2. The van der Waals surface area contributed by atoms with Gasteiger partial charge in [-0.1, -0.05) is 38.1 Å². The molecule has 206 valence electrons. The molecular formula is C32H39N3O4. The highest BCUT2D eigenvalue weighted by molar-refractivity contribution is 6.18. The van der Waals surface area contributed by atoms with Crippen molar-refractivity contribution in [2.75, 3.05) is 32.8 Å². The highest BCUT2D eigenvalue weighted by Gasteiger charge is 2.37. The molecule has 3 heterocycles. The third-order valence-corrected chi connectivity index (χ3v) is 7.49. The first kappa shape index (κ1) is 27.0. The van der Waals surface area contributed by atoms with Crippen LogP contribution in [0, 0.1) is 0 Å². The molecular weight excluding hydrogens is 490 g/mol. The number of nitrogens with one attached hydrogen (secondary N) is 1. The van der Waals surface area contributed by atoms with E-state index in [2.05, 4.69) is 29.8 Å². The van der Waals surface area contributed by atoms with Crippen molar-refractivity contribution in [1.29, 1.82) is 0 Å². The Morgan fingerprint density at radius 1 is 1.05 bits per heavy atom. The number of carbonyl (C=O) groups is 2. The monoisotopic (exact) mass is 529 g/mol. The number of H-pyrrole nitrogens is 1. The Morgan fingerprint density at radius 3 is 2.59 bits per heavy atom. The third kappa shape index (κ3) is 5.88. The number of carbonyl (C=O) groups excluding carboxylic acids is 2. The minimum absolute atomic E-state index is 0.185. The maximum absolute atomic E-state index is 13.9. The SMILES string of the molecule is CC(C)OC(=O)C1=CN(C(=O)c2cccc(OCCCN3CCCC3)c2)CC(C)(C)c2c1[nH]c1ccccc21. The second-order valence-corrected chi connectivity index (χ2v) is 11.5. The quantitative estimate of drug-likeness (QED) is 0.297. The zero-order chi connectivity index (χ0) is 27.6. The molecule has 1 N–H and O–H groups in total. The van der Waals surface area contributed by atoms with Gasteiger partial charge in [0.25, 0.3) is 5.91 Å². The Hall–Kier alpha value is -3.58. The molecule has 0 unspecified atom stereocenters. The number of para-hydroxylation sites is 1. The van der Waals surface area contributed by atoms with Crippen LogP contribution < -0.4 is 4.74 Å². The van der Waals surface area contributed by atoms with Gasteiger partial charge >= 0.3 is 5.97 Å². The van der Waals surface area contributed by atoms with E-state index in [1.807, 2.05) is 44.2 Å². The smallest absolute Gasteiger partial charge is 0.342 e. The van der Waals surface area contributed by atoms with E-state index in [1.54, 1.807) is 23.2 Å². The average Bonchev–Trinajstić information content (AvgIpc) is 3.54. The number of fused-ring (bicyclic) bond motifs is 3. The maximum atomic E-state index is 13.9. The van der Waals surface area contributed by atoms with Gasteiger partial charge in [-0.3, -0.25) is 4.79 Å². The molecule has 2 aliphatic heterocycles. The predicted octanol–water partition coefficient (Wildman–Crippen LogP) is 5.76. The topological polar surface area (TPSA) is 74.9 Å². The second-order valence-electron chi connectivity index (χ2n) is 11.5. The molecule has 39 heavy (non-hydrogen) atoms. The number of aromatic nitrogens is 1. The van der Waals surface area contributed by atoms with Crippen molar-refractivity contribution in [3.63, 3.8) is 0 Å². The number of rotatable bonds is 8. The molecule has 7 nitrogen and oxygen atoms in total. The number of benzene rings is 2. The summed E-state index contributed by atoms with van der Waals surface area (Å²) in [5.74, 6) is 0.0364. The first-order valence-corrected chi connectivity index (χ1v) is 14.0. The number of nitrogens with zero attached hydrogens (tertiary/aromatic N) is 2. The van der Waals surface area contributed by atoms with Crippen molar-refractivity contribution in [2.24, 2.45) is 0 Å². The summed E-state index contributed by atoms with van der Waals surface area (Å²) in [6.07, 6.45) is 4.88. The predicted molar refractivity (Wildman–Crippen MR) is 154 cm³/mol. The molecule has 1 amide bonds. The first-order valence-electron chi connectivity index (χ1n) is 14.0. The van der Waals surface area contributed by atoms with Gasteiger partial charge < -0.3 is 24.3 Å². The molecule has 0 atom stereocenters. The largest absolute Gasteiger partial charge is 0.494 e. The lowest BCUT2D eigenvalue weighted by Gasteiger charge is -2.29. The lowest BCUT2D eigenvalue weighted by Crippen LogP contribution is -2.37. The fraction of sp³-hybridized carbons (Fsp3) is 0.438. The Morgan fingerprint density at radius 2 is 1.82 bits per heavy atom. The molecule has 0 bridgehead atoms. The maximum Gasteiger partial charge on any atom is 0.342 e. The van der Waals surface area contributed by atoms with Gasteiger partial charge in [-0.2, -0.15) is 0 Å². The lowest BCUT2D eigenvalue weighted by atomic mass is 9.81. The van der Waals surface area contributed by atoms with Gasteiger partial charge in [-0.15, -0.1) is 0 Å². The number of esters is 1. The van der Waals surface area contributed by atoms with Crippen LogP contribution in [-0.2, 0) is 14.9 Å². The van der Waals surface area contributed by atoms with E-state index < -0.39 is 11.4 Å². The summed E-state index contributed by atoms with van der Waals surface area (Å²) in [6.45, 7) is 12.3. The fourth-order valence-electron chi connectivity index (χ4n) is 5.75. The van der Waals surface area contributed by atoms with Crippen LogP contribution in [0.25, 0.3) is 16.5 Å². The summed E-state index contributed by atoms with van der Waals surface area (Å²) < 4.78 is 11.6. The second kappa shape index (κ2) is 11.3. The van der Waals surface area contributed by atoms with Crippen molar-refractivity contribution in [3.8, 4) is 5.75 Å². The fourth-order valence-corrected chi connectivity index (χ4v) is 5.75. The summed E-state index contributed by atoms with van der Waals surface area (Å²) in [7, 11) is 0. The molecule has 0 spiro atoms. The Labute approximate surface area is 230 Å². The van der Waals surface area contributed by atoms with Crippen LogP contribution in [0.3, 0.4) is 0 Å². The van der Waals surface area contributed by atoms with Gasteiger partial charge in [0.1, 0.15) is 5.75 Å². The van der Waals surface area contributed by atoms with E-state index in [1.165, 1.54) is 25.9 Å². The zero-order valence-electron chi connectivity index (χ0n) is 23.5. The number of likely N-dealkylation sites (tertiary alicyclic amines) is 1. The van der Waals surface area contributed by atoms with Crippen molar-refractivity contribution < 1.29 is 19.1 Å². The summed E-state index contributed by atoms with van der Waals surface area (Å²) in [5.41, 5.74) is 3.10. The molecule has 0 aliphatic carbocycles. The summed E-state index contributed by atoms with van der Waals surface area (Å²) in [4.78, 5) is 34.8. The molecule has 1 saturated heterocycles. The highest BCUT2D eigenvalue weighted by Crippen LogP contribution is 2.40. The molecule has 7 heteroatoms. The van der Waals surface area contributed by atoms with E-state index in [0.717, 1.165) is 29.4 Å². The Bertz CT molecular complexity index is 1380. The van der Waals surface area contributed by atoms with Gasteiger partial charge in [0.2, 0.25) is 0 Å². The molecule has 3 aromatic rings. The highest BCUT2D eigenvalue weighted by atomic mass is 16.5. The molecule has 2 aliphatic rings. The number of amides is 1. The summed E-state index contributed by atoms with van der Waals surface area (Å²) >= 11 is 0. The molecule has 0 radical (unpaired) electrons. The van der Waals surface area contributed by atoms with Gasteiger partial charge in [0, 0.05) is 41.2 Å². The summed E-state index contributed by atoms with van der Waals surface area (Å²) in [6, 6.07) is 15.4. The van der Waals surface area contributed by atoms with E-state index >= 15 is 0 Å². The van der Waals surface area contributed by atoms with Crippen molar-refractivity contribution in [1.82, 2.24) is 14.8 Å². The van der Waals surface area contributed by atoms with Crippen LogP contribution >= 0.6 is 0 Å². The van der Waals surface area contributed by atoms with Crippen LogP contribution in [-0.4, -0.2) is 65.6 Å². The molecule has 2 aromatic carbocycles. The molecule has 5 rings (SSSR count). The number of ether oxygens (including phenoxy) is 2. The van der Waals surface area contributed by atoms with Crippen molar-refractivity contribution in [2.45, 2.75) is 58.5 Å². The van der Waals surface area contributed by atoms with Crippen LogP contribution in [0.1, 0.15) is 68.6 Å². The van der Waals surface area contributed by atoms with Crippen LogP contribution in [0.2, 0.25) is 0 Å². The third-order valence-electron chi connectivity index (χ3n) is 7.49. The first-order chi connectivity index (χ1) is 18.7. The number of hydrogen-bond donors (Lipinski definition) is 1.